The highest BCUT2D eigenvalue weighted by Gasteiger charge is 2.38. The average Bonchev–Trinajstić information content (AvgIpc) is 3.66. The van der Waals surface area contributed by atoms with Gasteiger partial charge < -0.3 is 14.8 Å². The quantitative estimate of drug-likeness (QED) is 0.213. The summed E-state index contributed by atoms with van der Waals surface area (Å²) in [6.45, 7) is 0. The fourth-order valence-electron chi connectivity index (χ4n) is 8.18. The molecule has 0 fully saturated rings. The van der Waals surface area contributed by atoms with Crippen molar-refractivity contribution in [3.63, 3.8) is 0 Å². The Morgan fingerprint density at radius 2 is 1.31 bits per heavy atom. The zero-order valence-electron chi connectivity index (χ0n) is 26.4. The number of fused-ring (bicyclic) bond motifs is 7. The Morgan fingerprint density at radius 1 is 0.562 bits per heavy atom. The molecule has 0 bridgehead atoms. The van der Waals surface area contributed by atoms with Gasteiger partial charge in [0.05, 0.1) is 23.1 Å². The summed E-state index contributed by atoms with van der Waals surface area (Å²) in [6.07, 6.45) is 11.6. The number of rotatable bonds is 4. The molecule has 0 saturated carbocycles. The van der Waals surface area contributed by atoms with E-state index in [1.165, 1.54) is 66.7 Å². The lowest BCUT2D eigenvalue weighted by Gasteiger charge is -2.31. The van der Waals surface area contributed by atoms with E-state index >= 15 is 0 Å². The maximum atomic E-state index is 3.85. The molecule has 3 aliphatic rings. The first-order valence-electron chi connectivity index (χ1n) is 16.8. The van der Waals surface area contributed by atoms with Crippen LogP contribution in [0.25, 0.3) is 33.1 Å². The molecular formula is C45H33N3. The Morgan fingerprint density at radius 3 is 2.21 bits per heavy atom. The minimum absolute atomic E-state index is 0.0396. The molecule has 2 aliphatic heterocycles. The number of para-hydroxylation sites is 3. The number of hydrogen-bond acceptors (Lipinski definition) is 2. The molecular weight excluding hydrogens is 583 g/mol. The lowest BCUT2D eigenvalue weighted by Crippen LogP contribution is -2.28. The minimum atomic E-state index is 0.0396. The van der Waals surface area contributed by atoms with E-state index in [9.17, 15) is 0 Å². The van der Waals surface area contributed by atoms with Gasteiger partial charge in [-0.25, -0.2) is 0 Å². The molecule has 10 rings (SSSR count). The van der Waals surface area contributed by atoms with Gasteiger partial charge in [0.25, 0.3) is 0 Å². The van der Waals surface area contributed by atoms with E-state index in [2.05, 4.69) is 191 Å². The molecule has 48 heavy (non-hydrogen) atoms. The molecule has 1 N–H and O–H groups in total. The standard InChI is InChI=1S/C45H33N3/c1-3-14-30(15-4-1)37-28-41(46-40-23-10-7-20-34(37)40)31-16-13-19-33(26-31)48-43-25-12-9-22-36(43)39-27-38-35-21-8-11-24-42(35)47(44(38)29-45(39)48)32-17-5-2-6-18-32/h1-29,36,41,43,46H. The molecule has 7 aromatic rings. The van der Waals surface area contributed by atoms with Crippen LogP contribution in [0.4, 0.5) is 17.1 Å². The van der Waals surface area contributed by atoms with Crippen LogP contribution in [0, 0.1) is 0 Å². The molecule has 0 saturated heterocycles. The maximum absolute atomic E-state index is 3.85. The second-order valence-electron chi connectivity index (χ2n) is 13.0. The summed E-state index contributed by atoms with van der Waals surface area (Å²) in [4.78, 5) is 2.56. The van der Waals surface area contributed by atoms with Crippen LogP contribution in [0.3, 0.4) is 0 Å². The van der Waals surface area contributed by atoms with Gasteiger partial charge in [0.1, 0.15) is 0 Å². The van der Waals surface area contributed by atoms with Gasteiger partial charge >= 0.3 is 0 Å². The van der Waals surface area contributed by atoms with Gasteiger partial charge in [-0.15, -0.1) is 0 Å². The van der Waals surface area contributed by atoms with Crippen molar-refractivity contribution in [2.75, 3.05) is 10.2 Å². The van der Waals surface area contributed by atoms with E-state index in [1.54, 1.807) is 0 Å². The second kappa shape index (κ2) is 10.8. The first-order chi connectivity index (χ1) is 23.8. The van der Waals surface area contributed by atoms with Crippen LogP contribution in [0.5, 0.6) is 0 Å². The van der Waals surface area contributed by atoms with Crippen molar-refractivity contribution in [3.8, 4) is 5.69 Å². The number of hydrogen-bond donors (Lipinski definition) is 1. The molecule has 0 radical (unpaired) electrons. The lowest BCUT2D eigenvalue weighted by atomic mass is 9.89. The van der Waals surface area contributed by atoms with E-state index in [-0.39, 0.29) is 18.0 Å². The van der Waals surface area contributed by atoms with E-state index in [0.29, 0.717) is 0 Å². The van der Waals surface area contributed by atoms with E-state index in [1.807, 2.05) is 0 Å². The van der Waals surface area contributed by atoms with Gasteiger partial charge in [0.15, 0.2) is 0 Å². The highest BCUT2D eigenvalue weighted by molar-refractivity contribution is 6.11. The molecule has 3 unspecified atom stereocenters. The largest absolute Gasteiger partial charge is 0.374 e. The van der Waals surface area contributed by atoms with Crippen molar-refractivity contribution in [3.05, 3.63) is 198 Å². The Kier molecular flexibility index (Phi) is 6.07. The third-order valence-corrected chi connectivity index (χ3v) is 10.3. The third-order valence-electron chi connectivity index (χ3n) is 10.3. The summed E-state index contributed by atoms with van der Waals surface area (Å²) in [5, 5.41) is 6.44. The van der Waals surface area contributed by atoms with Crippen LogP contribution in [0.15, 0.2) is 176 Å². The zero-order chi connectivity index (χ0) is 31.6. The minimum Gasteiger partial charge on any atom is -0.374 e. The summed E-state index contributed by atoms with van der Waals surface area (Å²) >= 11 is 0. The van der Waals surface area contributed by atoms with Crippen molar-refractivity contribution in [2.24, 2.45) is 0 Å². The fourth-order valence-corrected chi connectivity index (χ4v) is 8.18. The highest BCUT2D eigenvalue weighted by atomic mass is 15.2. The Balaban J connectivity index is 1.14. The number of benzene rings is 6. The van der Waals surface area contributed by atoms with Crippen molar-refractivity contribution in [1.29, 1.82) is 0 Å². The molecule has 3 atom stereocenters. The Hall–Kier alpha value is -6.06. The molecule has 1 aliphatic carbocycles. The molecule has 6 aromatic carbocycles. The normalized spacial score (nSPS) is 19.1. The van der Waals surface area contributed by atoms with E-state index in [4.69, 9.17) is 0 Å². The fraction of sp³-hybridized carbons (Fsp3) is 0.0667. The zero-order valence-corrected chi connectivity index (χ0v) is 26.4. The van der Waals surface area contributed by atoms with Crippen LogP contribution >= 0.6 is 0 Å². The van der Waals surface area contributed by atoms with Crippen LogP contribution in [0.1, 0.15) is 34.2 Å². The van der Waals surface area contributed by atoms with E-state index in [0.717, 1.165) is 5.69 Å². The van der Waals surface area contributed by atoms with E-state index < -0.39 is 0 Å². The molecule has 1 aromatic heterocycles. The smallest absolute Gasteiger partial charge is 0.0708 e. The summed E-state index contributed by atoms with van der Waals surface area (Å²) in [5.74, 6) is 0.279. The summed E-state index contributed by atoms with van der Waals surface area (Å²) < 4.78 is 2.42. The first-order valence-corrected chi connectivity index (χ1v) is 16.8. The second-order valence-corrected chi connectivity index (χ2v) is 13.0. The molecule has 3 heteroatoms. The number of nitrogens with zero attached hydrogens (tertiary/aromatic N) is 2. The van der Waals surface area contributed by atoms with Crippen molar-refractivity contribution >= 4 is 44.4 Å². The van der Waals surface area contributed by atoms with Gasteiger partial charge in [-0.1, -0.05) is 121 Å². The predicted molar refractivity (Wildman–Crippen MR) is 200 cm³/mol. The SMILES string of the molecule is C1=CC2c3cc4c5ccccc5n(-c5ccccc5)c4cc3N(c3cccc(C4C=C(c5ccccc5)c5ccccc5N4)c3)C2C=C1. The molecule has 0 spiro atoms. The summed E-state index contributed by atoms with van der Waals surface area (Å²) in [6, 6.07) is 53.3. The van der Waals surface area contributed by atoms with Gasteiger partial charge in [0, 0.05) is 45.0 Å². The Bertz CT molecular complexity index is 2450. The van der Waals surface area contributed by atoms with Gasteiger partial charge in [0.2, 0.25) is 0 Å². The van der Waals surface area contributed by atoms with Crippen LogP contribution in [-0.4, -0.2) is 10.6 Å². The summed E-state index contributed by atoms with van der Waals surface area (Å²) in [7, 11) is 0. The van der Waals surface area contributed by atoms with Crippen LogP contribution < -0.4 is 10.2 Å². The first kappa shape index (κ1) is 27.1. The predicted octanol–water partition coefficient (Wildman–Crippen LogP) is 11.1. The van der Waals surface area contributed by atoms with Crippen molar-refractivity contribution < 1.29 is 0 Å². The van der Waals surface area contributed by atoms with Crippen LogP contribution in [0.2, 0.25) is 0 Å². The number of anilines is 3. The number of aromatic nitrogens is 1. The highest BCUT2D eigenvalue weighted by Crippen LogP contribution is 2.51. The molecule has 228 valence electrons. The number of allylic oxidation sites excluding steroid dienone is 2. The topological polar surface area (TPSA) is 20.2 Å². The van der Waals surface area contributed by atoms with Gasteiger partial charge in [-0.3, -0.25) is 0 Å². The van der Waals surface area contributed by atoms with Gasteiger partial charge in [-0.05, 0) is 76.9 Å². The molecule has 3 nitrogen and oxygen atoms in total. The van der Waals surface area contributed by atoms with Crippen molar-refractivity contribution in [2.45, 2.75) is 18.0 Å². The van der Waals surface area contributed by atoms with Crippen molar-refractivity contribution in [1.82, 2.24) is 4.57 Å². The maximum Gasteiger partial charge on any atom is 0.0708 e. The molecule has 3 heterocycles. The molecule has 0 amide bonds. The lowest BCUT2D eigenvalue weighted by molar-refractivity contribution is 0.744. The van der Waals surface area contributed by atoms with Crippen LogP contribution in [-0.2, 0) is 0 Å². The third kappa shape index (κ3) is 4.14. The average molecular weight is 616 g/mol. The summed E-state index contributed by atoms with van der Waals surface area (Å²) in [5.41, 5.74) is 13.7. The monoisotopic (exact) mass is 615 g/mol. The van der Waals surface area contributed by atoms with Gasteiger partial charge in [-0.2, -0.15) is 0 Å². The Labute approximate surface area is 280 Å². The number of nitrogens with one attached hydrogen (secondary N) is 1.